The minimum absolute atomic E-state index is 0.109. The number of carbonyl (C=O) groups excluding carboxylic acids is 1. The molecule has 0 aromatic carbocycles. The number of hydrogen-bond acceptors (Lipinski definition) is 4. The molecule has 0 aliphatic carbocycles. The van der Waals surface area contributed by atoms with E-state index in [-0.39, 0.29) is 5.97 Å². The van der Waals surface area contributed by atoms with Crippen LogP contribution in [-0.2, 0) is 9.53 Å². The van der Waals surface area contributed by atoms with Gasteiger partial charge in [0, 0.05) is 17.5 Å². The molecule has 1 aromatic heterocycles. The summed E-state index contributed by atoms with van der Waals surface area (Å²) in [6.07, 6.45) is 5.29. The summed E-state index contributed by atoms with van der Waals surface area (Å²) in [7, 11) is 0. The highest BCUT2D eigenvalue weighted by Gasteiger charge is 2.09. The Kier molecular flexibility index (Phi) is 6.05. The highest BCUT2D eigenvalue weighted by Crippen LogP contribution is 2.21. The van der Waals surface area contributed by atoms with Gasteiger partial charge in [-0.2, -0.15) is 0 Å². The summed E-state index contributed by atoms with van der Waals surface area (Å²) < 4.78 is 4.92. The van der Waals surface area contributed by atoms with Crippen LogP contribution in [0.25, 0.3) is 6.08 Å². The minimum atomic E-state index is -0.109. The van der Waals surface area contributed by atoms with Crippen molar-refractivity contribution in [2.24, 2.45) is 5.92 Å². The Hall–Kier alpha value is -1.16. The van der Waals surface area contributed by atoms with Crippen molar-refractivity contribution in [3.05, 3.63) is 21.7 Å². The Labute approximate surface area is 113 Å². The van der Waals surface area contributed by atoms with Crippen LogP contribution in [0.3, 0.4) is 0 Å². The van der Waals surface area contributed by atoms with Crippen LogP contribution in [0.4, 0.5) is 0 Å². The third-order valence-corrected chi connectivity index (χ3v) is 3.71. The number of thiazole rings is 1. The second-order valence-electron chi connectivity index (χ2n) is 4.44. The molecule has 100 valence electrons. The van der Waals surface area contributed by atoms with Gasteiger partial charge in [0.15, 0.2) is 0 Å². The monoisotopic (exact) mass is 267 g/mol. The second kappa shape index (κ2) is 7.31. The molecule has 0 bridgehead atoms. The number of rotatable bonds is 6. The molecular weight excluding hydrogens is 246 g/mol. The van der Waals surface area contributed by atoms with Gasteiger partial charge in [0.2, 0.25) is 0 Å². The number of ether oxygens (including phenoxy) is 1. The third-order valence-electron chi connectivity index (χ3n) is 2.85. The van der Waals surface area contributed by atoms with E-state index in [1.54, 1.807) is 11.3 Å². The first-order valence-corrected chi connectivity index (χ1v) is 7.10. The number of aryl methyl sites for hydroxylation is 1. The summed E-state index contributed by atoms with van der Waals surface area (Å²) in [5.74, 6) is 0.265. The molecule has 1 unspecified atom stereocenters. The fraction of sp³-hybridized carbons (Fsp3) is 0.571. The zero-order chi connectivity index (χ0) is 13.5. The SMILES string of the molecule is CCOC(=O)CCC(C)/C(C)=C/c1ncc(C)s1. The molecule has 1 rings (SSSR count). The highest BCUT2D eigenvalue weighted by atomic mass is 32.1. The summed E-state index contributed by atoms with van der Waals surface area (Å²) in [5, 5.41) is 1.04. The minimum Gasteiger partial charge on any atom is -0.466 e. The van der Waals surface area contributed by atoms with Gasteiger partial charge in [-0.3, -0.25) is 4.79 Å². The van der Waals surface area contributed by atoms with Gasteiger partial charge in [0.25, 0.3) is 0 Å². The van der Waals surface area contributed by atoms with E-state index in [4.69, 9.17) is 4.74 Å². The number of carbonyl (C=O) groups is 1. The Morgan fingerprint density at radius 1 is 1.61 bits per heavy atom. The fourth-order valence-corrected chi connectivity index (χ4v) is 2.36. The van der Waals surface area contributed by atoms with Crippen molar-refractivity contribution in [1.82, 2.24) is 4.98 Å². The van der Waals surface area contributed by atoms with Crippen molar-refractivity contribution < 1.29 is 9.53 Å². The zero-order valence-corrected chi connectivity index (χ0v) is 12.3. The quantitative estimate of drug-likeness (QED) is 0.735. The highest BCUT2D eigenvalue weighted by molar-refractivity contribution is 7.12. The molecule has 0 aliphatic rings. The first-order chi connectivity index (χ1) is 8.52. The van der Waals surface area contributed by atoms with Gasteiger partial charge in [-0.25, -0.2) is 4.98 Å². The topological polar surface area (TPSA) is 39.2 Å². The Bertz CT molecular complexity index is 423. The predicted octanol–water partition coefficient (Wildman–Crippen LogP) is 3.83. The molecule has 0 spiro atoms. The van der Waals surface area contributed by atoms with Gasteiger partial charge in [-0.1, -0.05) is 12.5 Å². The van der Waals surface area contributed by atoms with Crippen LogP contribution in [0.15, 0.2) is 11.8 Å². The van der Waals surface area contributed by atoms with E-state index in [0.717, 1.165) is 11.4 Å². The fourth-order valence-electron chi connectivity index (χ4n) is 1.57. The van der Waals surface area contributed by atoms with E-state index in [1.807, 2.05) is 13.1 Å². The molecule has 0 saturated heterocycles. The molecule has 1 heterocycles. The van der Waals surface area contributed by atoms with Gasteiger partial charge < -0.3 is 4.74 Å². The molecule has 0 saturated carbocycles. The maximum Gasteiger partial charge on any atom is 0.305 e. The van der Waals surface area contributed by atoms with Crippen molar-refractivity contribution in [2.45, 2.75) is 40.5 Å². The summed E-state index contributed by atoms with van der Waals surface area (Å²) in [6.45, 7) is 8.56. The smallest absolute Gasteiger partial charge is 0.305 e. The largest absolute Gasteiger partial charge is 0.466 e. The molecule has 0 fully saturated rings. The van der Waals surface area contributed by atoms with Crippen molar-refractivity contribution in [3.8, 4) is 0 Å². The lowest BCUT2D eigenvalue weighted by molar-refractivity contribution is -0.143. The second-order valence-corrected chi connectivity index (χ2v) is 5.71. The van der Waals surface area contributed by atoms with E-state index < -0.39 is 0 Å². The lowest BCUT2D eigenvalue weighted by atomic mass is 9.97. The maximum atomic E-state index is 11.3. The summed E-state index contributed by atoms with van der Waals surface area (Å²) in [6, 6.07) is 0. The van der Waals surface area contributed by atoms with E-state index >= 15 is 0 Å². The number of nitrogens with zero attached hydrogens (tertiary/aromatic N) is 1. The lowest BCUT2D eigenvalue weighted by Crippen LogP contribution is -2.07. The molecule has 18 heavy (non-hydrogen) atoms. The van der Waals surface area contributed by atoms with Gasteiger partial charge in [-0.15, -0.1) is 11.3 Å². The van der Waals surface area contributed by atoms with Crippen molar-refractivity contribution in [3.63, 3.8) is 0 Å². The average molecular weight is 267 g/mol. The van der Waals surface area contributed by atoms with Crippen LogP contribution < -0.4 is 0 Å². The standard InChI is InChI=1S/C14H21NO2S/c1-5-17-14(16)7-6-10(2)11(3)8-13-15-9-12(4)18-13/h8-10H,5-7H2,1-4H3/b11-8+. The molecule has 0 amide bonds. The van der Waals surface area contributed by atoms with Gasteiger partial charge in [0.05, 0.1) is 6.61 Å². The summed E-state index contributed by atoms with van der Waals surface area (Å²) in [4.78, 5) is 16.8. The van der Waals surface area contributed by atoms with E-state index in [2.05, 4.69) is 31.8 Å². The van der Waals surface area contributed by atoms with E-state index in [1.165, 1.54) is 10.5 Å². The molecule has 0 radical (unpaired) electrons. The van der Waals surface area contributed by atoms with Crippen LogP contribution in [0.5, 0.6) is 0 Å². The van der Waals surface area contributed by atoms with E-state index in [9.17, 15) is 4.79 Å². The Balaban J connectivity index is 2.48. The van der Waals surface area contributed by atoms with Crippen LogP contribution in [0.2, 0.25) is 0 Å². The van der Waals surface area contributed by atoms with Gasteiger partial charge in [-0.05, 0) is 39.2 Å². The lowest BCUT2D eigenvalue weighted by Gasteiger charge is -2.11. The van der Waals surface area contributed by atoms with Crippen molar-refractivity contribution in [1.29, 1.82) is 0 Å². The normalized spacial score (nSPS) is 13.4. The number of aromatic nitrogens is 1. The van der Waals surface area contributed by atoms with Crippen molar-refractivity contribution in [2.75, 3.05) is 6.61 Å². The maximum absolute atomic E-state index is 11.3. The molecule has 0 aliphatic heterocycles. The number of esters is 1. The zero-order valence-electron chi connectivity index (χ0n) is 11.5. The van der Waals surface area contributed by atoms with Crippen LogP contribution >= 0.6 is 11.3 Å². The Morgan fingerprint density at radius 2 is 2.33 bits per heavy atom. The first kappa shape index (κ1) is 14.9. The number of allylic oxidation sites excluding steroid dienone is 1. The summed E-state index contributed by atoms with van der Waals surface area (Å²) >= 11 is 1.69. The van der Waals surface area contributed by atoms with Gasteiger partial charge >= 0.3 is 5.97 Å². The molecule has 4 heteroatoms. The van der Waals surface area contributed by atoms with Crippen LogP contribution in [0, 0.1) is 12.8 Å². The van der Waals surface area contributed by atoms with Gasteiger partial charge in [0.1, 0.15) is 5.01 Å². The molecule has 1 atom stereocenters. The van der Waals surface area contributed by atoms with E-state index in [0.29, 0.717) is 18.9 Å². The van der Waals surface area contributed by atoms with Crippen LogP contribution in [0.1, 0.15) is 43.5 Å². The molecule has 3 nitrogen and oxygen atoms in total. The molecular formula is C14H21NO2S. The average Bonchev–Trinajstić information content (AvgIpc) is 2.72. The van der Waals surface area contributed by atoms with Crippen LogP contribution in [-0.4, -0.2) is 17.6 Å². The molecule has 1 aromatic rings. The summed E-state index contributed by atoms with van der Waals surface area (Å²) in [5.41, 5.74) is 1.26. The number of hydrogen-bond donors (Lipinski definition) is 0. The first-order valence-electron chi connectivity index (χ1n) is 6.29. The predicted molar refractivity (Wildman–Crippen MR) is 75.5 cm³/mol. The van der Waals surface area contributed by atoms with Crippen molar-refractivity contribution >= 4 is 23.4 Å². The Morgan fingerprint density at radius 3 is 2.89 bits per heavy atom. The third kappa shape index (κ3) is 5.00. The molecule has 0 N–H and O–H groups in total.